The molecule has 1 unspecified atom stereocenters. The highest BCUT2D eigenvalue weighted by molar-refractivity contribution is 7.16. The highest BCUT2D eigenvalue weighted by Gasteiger charge is 2.12. The Morgan fingerprint density at radius 1 is 1.39 bits per heavy atom. The summed E-state index contributed by atoms with van der Waals surface area (Å²) in [7, 11) is 0. The van der Waals surface area contributed by atoms with Crippen LogP contribution in [0.3, 0.4) is 0 Å². The van der Waals surface area contributed by atoms with Crippen molar-refractivity contribution in [1.82, 2.24) is 4.98 Å². The van der Waals surface area contributed by atoms with Gasteiger partial charge in [0.15, 0.2) is 0 Å². The van der Waals surface area contributed by atoms with Crippen molar-refractivity contribution in [3.8, 4) is 0 Å². The molecule has 0 aliphatic heterocycles. The summed E-state index contributed by atoms with van der Waals surface area (Å²) in [5, 5.41) is 3.50. The first kappa shape index (κ1) is 11.3. The lowest BCUT2D eigenvalue weighted by Crippen LogP contribution is -2.08. The first-order valence-electron chi connectivity index (χ1n) is 6.00. The van der Waals surface area contributed by atoms with Gasteiger partial charge >= 0.3 is 0 Å². The Morgan fingerprint density at radius 3 is 3.11 bits per heavy atom. The largest absolute Gasteiger partial charge is 0.467 e. The molecule has 3 nitrogen and oxygen atoms in total. The second-order valence-electron chi connectivity index (χ2n) is 4.16. The van der Waals surface area contributed by atoms with Crippen LogP contribution in [0, 0.1) is 0 Å². The molecule has 0 radical (unpaired) electrons. The van der Waals surface area contributed by atoms with Crippen LogP contribution in [0.25, 0.3) is 10.2 Å². The van der Waals surface area contributed by atoms with Crippen molar-refractivity contribution in [2.45, 2.75) is 19.4 Å². The first-order valence-corrected chi connectivity index (χ1v) is 6.88. The minimum absolute atomic E-state index is 0.213. The number of rotatable bonds is 4. The van der Waals surface area contributed by atoms with Gasteiger partial charge in [0, 0.05) is 5.69 Å². The van der Waals surface area contributed by atoms with Gasteiger partial charge in [0.05, 0.1) is 28.0 Å². The summed E-state index contributed by atoms with van der Waals surface area (Å²) in [6, 6.07) is 10.4. The number of anilines is 1. The number of hydrogen-bond donors (Lipinski definition) is 1. The van der Waals surface area contributed by atoms with Crippen LogP contribution >= 0.6 is 11.3 Å². The topological polar surface area (TPSA) is 38.1 Å². The van der Waals surface area contributed by atoms with Crippen LogP contribution < -0.4 is 5.32 Å². The molecule has 3 rings (SSSR count). The molecule has 0 fully saturated rings. The number of thiazole rings is 1. The fourth-order valence-corrected chi connectivity index (χ4v) is 2.73. The van der Waals surface area contributed by atoms with Crippen molar-refractivity contribution in [1.29, 1.82) is 0 Å². The maximum absolute atomic E-state index is 5.46. The summed E-state index contributed by atoms with van der Waals surface area (Å²) >= 11 is 1.66. The third-order valence-corrected chi connectivity index (χ3v) is 3.76. The molecule has 0 bridgehead atoms. The van der Waals surface area contributed by atoms with Gasteiger partial charge in [-0.25, -0.2) is 4.98 Å². The van der Waals surface area contributed by atoms with E-state index in [1.807, 2.05) is 23.7 Å². The fraction of sp³-hybridized carbons (Fsp3) is 0.214. The predicted molar refractivity (Wildman–Crippen MR) is 75.0 cm³/mol. The minimum atomic E-state index is 0.213. The zero-order valence-electron chi connectivity index (χ0n) is 10.1. The van der Waals surface area contributed by atoms with Crippen molar-refractivity contribution in [3.05, 3.63) is 47.9 Å². The molecular weight excluding hydrogens is 244 g/mol. The van der Waals surface area contributed by atoms with E-state index in [1.165, 1.54) is 4.70 Å². The van der Waals surface area contributed by atoms with Crippen molar-refractivity contribution in [2.24, 2.45) is 0 Å². The van der Waals surface area contributed by atoms with E-state index in [9.17, 15) is 0 Å². The molecule has 92 valence electrons. The van der Waals surface area contributed by atoms with Gasteiger partial charge in [-0.05, 0) is 36.8 Å². The SMILES string of the molecule is CCC(Nc1ccc2ncsc2c1)c1ccco1. The Hall–Kier alpha value is -1.81. The van der Waals surface area contributed by atoms with Gasteiger partial charge in [0.25, 0.3) is 0 Å². The number of furan rings is 1. The molecule has 2 heterocycles. The van der Waals surface area contributed by atoms with Crippen LogP contribution in [0.4, 0.5) is 5.69 Å². The number of hydrogen-bond acceptors (Lipinski definition) is 4. The van der Waals surface area contributed by atoms with E-state index in [-0.39, 0.29) is 6.04 Å². The summed E-state index contributed by atoms with van der Waals surface area (Å²) in [5.41, 5.74) is 4.03. The maximum atomic E-state index is 5.46. The van der Waals surface area contributed by atoms with Gasteiger partial charge in [-0.1, -0.05) is 6.92 Å². The average molecular weight is 258 g/mol. The Kier molecular flexibility index (Phi) is 3.02. The van der Waals surface area contributed by atoms with E-state index in [4.69, 9.17) is 4.42 Å². The van der Waals surface area contributed by atoms with Crippen LogP contribution in [-0.2, 0) is 0 Å². The zero-order valence-corrected chi connectivity index (χ0v) is 10.9. The number of fused-ring (bicyclic) bond motifs is 1. The minimum Gasteiger partial charge on any atom is -0.467 e. The maximum Gasteiger partial charge on any atom is 0.125 e. The Balaban J connectivity index is 1.86. The van der Waals surface area contributed by atoms with Crippen molar-refractivity contribution in [3.63, 3.8) is 0 Å². The second-order valence-corrected chi connectivity index (χ2v) is 5.04. The summed E-state index contributed by atoms with van der Waals surface area (Å²) in [6.07, 6.45) is 2.69. The summed E-state index contributed by atoms with van der Waals surface area (Å²) in [5.74, 6) is 0.974. The van der Waals surface area contributed by atoms with Gasteiger partial charge in [-0.15, -0.1) is 11.3 Å². The van der Waals surface area contributed by atoms with Crippen molar-refractivity contribution in [2.75, 3.05) is 5.32 Å². The molecule has 0 saturated heterocycles. The molecule has 3 aromatic rings. The highest BCUT2D eigenvalue weighted by Crippen LogP contribution is 2.26. The van der Waals surface area contributed by atoms with Crippen molar-refractivity contribution < 1.29 is 4.42 Å². The second kappa shape index (κ2) is 4.82. The lowest BCUT2D eigenvalue weighted by molar-refractivity contribution is 0.474. The van der Waals surface area contributed by atoms with Crippen LogP contribution in [0.2, 0.25) is 0 Å². The van der Waals surface area contributed by atoms with Crippen molar-refractivity contribution >= 4 is 27.2 Å². The fourth-order valence-electron chi connectivity index (χ4n) is 2.01. The summed E-state index contributed by atoms with van der Waals surface area (Å²) in [4.78, 5) is 4.28. The van der Waals surface area contributed by atoms with E-state index in [0.29, 0.717) is 0 Å². The molecule has 0 amide bonds. The van der Waals surface area contributed by atoms with E-state index in [0.717, 1.165) is 23.4 Å². The number of nitrogens with one attached hydrogen (secondary N) is 1. The first-order chi connectivity index (χ1) is 8.86. The van der Waals surface area contributed by atoms with Crippen LogP contribution in [0.1, 0.15) is 25.1 Å². The smallest absolute Gasteiger partial charge is 0.125 e. The van der Waals surface area contributed by atoms with E-state index < -0.39 is 0 Å². The highest BCUT2D eigenvalue weighted by atomic mass is 32.1. The third kappa shape index (κ3) is 2.11. The molecule has 1 aromatic carbocycles. The van der Waals surface area contributed by atoms with E-state index >= 15 is 0 Å². The quantitative estimate of drug-likeness (QED) is 0.751. The van der Waals surface area contributed by atoms with Crippen LogP contribution in [0.5, 0.6) is 0 Å². The Bertz CT molecular complexity index is 630. The number of aromatic nitrogens is 1. The number of benzene rings is 1. The molecule has 0 saturated carbocycles. The van der Waals surface area contributed by atoms with Gasteiger partial charge in [-0.2, -0.15) is 0 Å². The monoisotopic (exact) mass is 258 g/mol. The molecule has 0 spiro atoms. The van der Waals surface area contributed by atoms with Gasteiger partial charge in [0.2, 0.25) is 0 Å². The molecule has 0 aliphatic carbocycles. The molecule has 1 N–H and O–H groups in total. The lowest BCUT2D eigenvalue weighted by Gasteiger charge is -2.15. The zero-order chi connectivity index (χ0) is 12.4. The normalized spacial score (nSPS) is 12.7. The van der Waals surface area contributed by atoms with Crippen LogP contribution in [0.15, 0.2) is 46.5 Å². The summed E-state index contributed by atoms with van der Waals surface area (Å²) < 4.78 is 6.66. The molecule has 2 aromatic heterocycles. The molecule has 4 heteroatoms. The molecule has 1 atom stereocenters. The van der Waals surface area contributed by atoms with Gasteiger partial charge < -0.3 is 9.73 Å². The predicted octanol–water partition coefficient (Wildman–Crippen LogP) is 4.45. The molecule has 18 heavy (non-hydrogen) atoms. The average Bonchev–Trinajstić information content (AvgIpc) is 3.06. The van der Waals surface area contributed by atoms with Gasteiger partial charge in [0.1, 0.15) is 5.76 Å². The summed E-state index contributed by atoms with van der Waals surface area (Å²) in [6.45, 7) is 2.14. The Labute approximate surface area is 109 Å². The third-order valence-electron chi connectivity index (χ3n) is 2.97. The van der Waals surface area contributed by atoms with Crippen LogP contribution in [-0.4, -0.2) is 4.98 Å². The molecular formula is C14H14N2OS. The standard InChI is InChI=1S/C14H14N2OS/c1-2-11(13-4-3-7-17-13)16-10-5-6-12-14(8-10)18-9-15-12/h3-9,11,16H,2H2,1H3. The molecule has 0 aliphatic rings. The Morgan fingerprint density at radius 2 is 2.33 bits per heavy atom. The lowest BCUT2D eigenvalue weighted by atomic mass is 10.1. The number of nitrogens with zero attached hydrogens (tertiary/aromatic N) is 1. The van der Waals surface area contributed by atoms with Gasteiger partial charge in [-0.3, -0.25) is 0 Å². The van der Waals surface area contributed by atoms with E-state index in [2.05, 4.69) is 29.4 Å². The van der Waals surface area contributed by atoms with E-state index in [1.54, 1.807) is 17.6 Å².